The molecule has 1 spiro atoms. The van der Waals surface area contributed by atoms with Gasteiger partial charge in [-0.25, -0.2) is 4.79 Å². The highest BCUT2D eigenvalue weighted by Crippen LogP contribution is 2.58. The molecule has 35 heavy (non-hydrogen) atoms. The van der Waals surface area contributed by atoms with Crippen LogP contribution >= 0.6 is 0 Å². The summed E-state index contributed by atoms with van der Waals surface area (Å²) in [5.41, 5.74) is 1.61. The Morgan fingerprint density at radius 2 is 1.89 bits per heavy atom. The molecular weight excluding hydrogens is 473 g/mol. The molecule has 1 aromatic heterocycles. The van der Waals surface area contributed by atoms with Crippen LogP contribution in [-0.4, -0.2) is 51.2 Å². The molecule has 2 fully saturated rings. The van der Waals surface area contributed by atoms with Gasteiger partial charge in [0.25, 0.3) is 5.56 Å². The fourth-order valence-corrected chi connectivity index (χ4v) is 5.59. The first-order chi connectivity index (χ1) is 16.3. The summed E-state index contributed by atoms with van der Waals surface area (Å²) in [4.78, 5) is 49.4. The number of nitrogens with one attached hydrogen (secondary N) is 3. The van der Waals surface area contributed by atoms with Gasteiger partial charge in [0, 0.05) is 26.1 Å². The monoisotopic (exact) mass is 502 g/mol. The number of amidine groups is 1. The number of amides is 2. The van der Waals surface area contributed by atoms with Crippen molar-refractivity contribution in [2.45, 2.75) is 75.7 Å². The number of hydrogen-bond acceptors (Lipinski definition) is 6. The van der Waals surface area contributed by atoms with Gasteiger partial charge in [0.1, 0.15) is 16.9 Å². The van der Waals surface area contributed by atoms with Gasteiger partial charge in [-0.3, -0.25) is 28.9 Å². The molecule has 0 saturated heterocycles. The van der Waals surface area contributed by atoms with Crippen molar-refractivity contribution in [3.63, 3.8) is 0 Å². The van der Waals surface area contributed by atoms with Crippen LogP contribution in [0.4, 0.5) is 13.2 Å². The lowest BCUT2D eigenvalue weighted by Gasteiger charge is -2.57. The van der Waals surface area contributed by atoms with Gasteiger partial charge in [-0.2, -0.15) is 13.2 Å². The number of nitrogens with zero attached hydrogens (tertiary/aromatic N) is 2. The average molecular weight is 502 g/mol. The van der Waals surface area contributed by atoms with Crippen molar-refractivity contribution in [2.24, 2.45) is 11.1 Å². The Labute approximate surface area is 198 Å². The van der Waals surface area contributed by atoms with Gasteiger partial charge < -0.3 is 21.5 Å². The smallest absolute Gasteiger partial charge is 0.389 e. The van der Waals surface area contributed by atoms with Crippen LogP contribution in [0.15, 0.2) is 9.59 Å². The fraction of sp³-hybridized carbons (Fsp3) is 0.667. The Bertz CT molecular complexity index is 1130. The van der Waals surface area contributed by atoms with Gasteiger partial charge in [-0.1, -0.05) is 0 Å². The molecule has 11 nitrogen and oxygen atoms in total. The average Bonchev–Trinajstić information content (AvgIpc) is 2.74. The lowest BCUT2D eigenvalue weighted by molar-refractivity contribution is -0.143. The van der Waals surface area contributed by atoms with Crippen LogP contribution in [0.2, 0.25) is 0 Å². The first-order valence-corrected chi connectivity index (χ1v) is 11.2. The van der Waals surface area contributed by atoms with Gasteiger partial charge >= 0.3 is 11.9 Å². The summed E-state index contributed by atoms with van der Waals surface area (Å²) in [6.45, 7) is -0.507. The third-order valence-electron chi connectivity index (χ3n) is 7.19. The van der Waals surface area contributed by atoms with Gasteiger partial charge in [0.2, 0.25) is 18.2 Å². The SMILES string of the molecule is CNC(=O)C1(NC=O)CC2(CCC(n3c(=O)c(C(=N)N)c(O)n(CCCC(F)(F)F)c3=O)CC2)C1. The number of hydrogen-bond donors (Lipinski definition) is 5. The van der Waals surface area contributed by atoms with E-state index in [1.807, 2.05) is 0 Å². The highest BCUT2D eigenvalue weighted by molar-refractivity contribution is 5.96. The molecule has 194 valence electrons. The molecule has 14 heteroatoms. The van der Waals surface area contributed by atoms with Crippen molar-refractivity contribution in [3.05, 3.63) is 26.4 Å². The molecule has 0 unspecified atom stereocenters. The molecule has 3 rings (SSSR count). The van der Waals surface area contributed by atoms with E-state index in [9.17, 15) is 37.5 Å². The molecule has 2 aliphatic rings. The number of alkyl halides is 3. The molecule has 0 bridgehead atoms. The number of likely N-dealkylation sites (N-methyl/N-ethyl adjacent to an activating group) is 1. The number of halogens is 3. The minimum atomic E-state index is -4.46. The number of carbonyl (C=O) groups is 2. The summed E-state index contributed by atoms with van der Waals surface area (Å²) < 4.78 is 39.3. The van der Waals surface area contributed by atoms with Gasteiger partial charge in [-0.05, 0) is 50.4 Å². The maximum Gasteiger partial charge on any atom is 0.389 e. The highest BCUT2D eigenvalue weighted by atomic mass is 19.4. The molecule has 2 aliphatic carbocycles. The van der Waals surface area contributed by atoms with Crippen LogP contribution in [0.1, 0.15) is 63.0 Å². The number of nitrogen functional groups attached to an aromatic ring is 1. The Balaban J connectivity index is 1.86. The number of aromatic nitrogens is 2. The van der Waals surface area contributed by atoms with Crippen LogP contribution in [0.25, 0.3) is 0 Å². The summed E-state index contributed by atoms with van der Waals surface area (Å²) in [5, 5.41) is 23.2. The van der Waals surface area contributed by atoms with E-state index in [1.165, 1.54) is 7.05 Å². The maximum atomic E-state index is 13.1. The zero-order chi connectivity index (χ0) is 26.2. The Kier molecular flexibility index (Phi) is 7.04. The van der Waals surface area contributed by atoms with Crippen molar-refractivity contribution >= 4 is 18.2 Å². The van der Waals surface area contributed by atoms with Crippen molar-refractivity contribution < 1.29 is 27.9 Å². The fourth-order valence-electron chi connectivity index (χ4n) is 5.59. The Morgan fingerprint density at radius 3 is 2.37 bits per heavy atom. The minimum Gasteiger partial charge on any atom is -0.494 e. The molecular formula is C21H29F3N6O5. The molecule has 0 aliphatic heterocycles. The Morgan fingerprint density at radius 1 is 1.29 bits per heavy atom. The standard InChI is InChI=1S/C21H29F3N6O5/c1-27-17(34)20(28-11-31)9-19(10-20)6-3-12(4-7-19)30-16(33)13(14(25)26)15(32)29(18(30)35)8-2-5-21(22,23)24/h11-12,32H,2-10H2,1H3,(H3,25,26)(H,27,34)(H,28,31). The number of carbonyl (C=O) groups excluding carboxylic acids is 2. The van der Waals surface area contributed by atoms with Gasteiger partial charge in [-0.15, -0.1) is 0 Å². The first-order valence-electron chi connectivity index (χ1n) is 11.2. The molecule has 2 saturated carbocycles. The molecule has 6 N–H and O–H groups in total. The molecule has 2 amide bonds. The third kappa shape index (κ3) is 4.91. The number of aromatic hydroxyl groups is 1. The van der Waals surface area contributed by atoms with Crippen LogP contribution in [0, 0.1) is 10.8 Å². The highest BCUT2D eigenvalue weighted by Gasteiger charge is 2.59. The molecule has 0 radical (unpaired) electrons. The quantitative estimate of drug-likeness (QED) is 0.196. The third-order valence-corrected chi connectivity index (χ3v) is 7.19. The normalized spacial score (nSPS) is 26.1. The first kappa shape index (κ1) is 26.3. The van der Waals surface area contributed by atoms with E-state index in [4.69, 9.17) is 11.1 Å². The largest absolute Gasteiger partial charge is 0.494 e. The minimum absolute atomic E-state index is 0.269. The molecule has 0 atom stereocenters. The van der Waals surface area contributed by atoms with E-state index in [2.05, 4.69) is 10.6 Å². The summed E-state index contributed by atoms with van der Waals surface area (Å²) >= 11 is 0. The van der Waals surface area contributed by atoms with Gasteiger partial charge in [0.05, 0.1) is 0 Å². The predicted octanol–water partition coefficient (Wildman–Crippen LogP) is 0.468. The van der Waals surface area contributed by atoms with Crippen LogP contribution < -0.4 is 27.6 Å². The second-order valence-corrected chi connectivity index (χ2v) is 9.45. The summed E-state index contributed by atoms with van der Waals surface area (Å²) in [5.74, 6) is -2.03. The lowest BCUT2D eigenvalue weighted by atomic mass is 9.51. The summed E-state index contributed by atoms with van der Waals surface area (Å²) in [6.07, 6.45) is -3.11. The predicted molar refractivity (Wildman–Crippen MR) is 118 cm³/mol. The van der Waals surface area contributed by atoms with Crippen molar-refractivity contribution in [3.8, 4) is 5.88 Å². The van der Waals surface area contributed by atoms with Crippen LogP contribution in [0.3, 0.4) is 0 Å². The molecule has 0 aromatic carbocycles. The van der Waals surface area contributed by atoms with E-state index in [-0.39, 0.29) is 11.3 Å². The molecule has 1 aromatic rings. The van der Waals surface area contributed by atoms with Crippen molar-refractivity contribution in [1.29, 1.82) is 5.41 Å². The van der Waals surface area contributed by atoms with E-state index >= 15 is 0 Å². The van der Waals surface area contributed by atoms with E-state index < -0.39 is 65.7 Å². The van der Waals surface area contributed by atoms with Crippen molar-refractivity contribution in [2.75, 3.05) is 7.05 Å². The van der Waals surface area contributed by atoms with E-state index in [1.54, 1.807) is 0 Å². The zero-order valence-electron chi connectivity index (χ0n) is 19.2. The Hall–Kier alpha value is -3.32. The van der Waals surface area contributed by atoms with Gasteiger partial charge in [0.15, 0.2) is 0 Å². The second-order valence-electron chi connectivity index (χ2n) is 9.45. The topological polar surface area (TPSA) is 172 Å². The summed E-state index contributed by atoms with van der Waals surface area (Å²) in [7, 11) is 1.47. The summed E-state index contributed by atoms with van der Waals surface area (Å²) in [6, 6.07) is -0.623. The van der Waals surface area contributed by atoms with E-state index in [0.29, 0.717) is 49.5 Å². The van der Waals surface area contributed by atoms with Crippen LogP contribution in [-0.2, 0) is 16.1 Å². The van der Waals surface area contributed by atoms with Crippen LogP contribution in [0.5, 0.6) is 5.88 Å². The number of nitrogens with two attached hydrogens (primary N) is 1. The van der Waals surface area contributed by atoms with E-state index in [0.717, 1.165) is 4.57 Å². The second kappa shape index (κ2) is 9.38. The van der Waals surface area contributed by atoms with Crippen molar-refractivity contribution in [1.82, 2.24) is 19.8 Å². The molecule has 1 heterocycles. The number of rotatable bonds is 8. The zero-order valence-corrected chi connectivity index (χ0v) is 19.2. The lowest BCUT2D eigenvalue weighted by Crippen LogP contribution is -2.68. The maximum absolute atomic E-state index is 13.1.